The average molecular weight is 649 g/mol. The molecule has 0 radical (unpaired) electrons. The molecular formula is C50H32O. The molecule has 0 bridgehead atoms. The van der Waals surface area contributed by atoms with Crippen LogP contribution in [0.3, 0.4) is 0 Å². The predicted octanol–water partition coefficient (Wildman–Crippen LogP) is 14.2. The first-order valence-corrected chi connectivity index (χ1v) is 17.5. The van der Waals surface area contributed by atoms with Crippen molar-refractivity contribution in [2.45, 2.75) is 0 Å². The Bertz CT molecular complexity index is 2770. The minimum absolute atomic E-state index is 0.895. The van der Waals surface area contributed by atoms with Gasteiger partial charge in [0.15, 0.2) is 0 Å². The van der Waals surface area contributed by atoms with E-state index < -0.39 is 0 Å². The summed E-state index contributed by atoms with van der Waals surface area (Å²) in [5.74, 6) is 0. The van der Waals surface area contributed by atoms with Crippen LogP contribution in [0.25, 0.3) is 99.1 Å². The zero-order valence-corrected chi connectivity index (χ0v) is 27.9. The van der Waals surface area contributed by atoms with E-state index in [-0.39, 0.29) is 0 Å². The van der Waals surface area contributed by atoms with Crippen LogP contribution in [-0.4, -0.2) is 0 Å². The van der Waals surface area contributed by atoms with Gasteiger partial charge in [-0.25, -0.2) is 0 Å². The molecule has 1 heteroatoms. The van der Waals surface area contributed by atoms with Gasteiger partial charge in [-0.2, -0.15) is 0 Å². The maximum Gasteiger partial charge on any atom is 0.143 e. The SMILES string of the molecule is c1ccc(-c2cccc(-c3ccccc3)c2-c2c3ccccc3c(-c3ccc(-c4ccccc4)c4oc5ccccc5c34)c3ccccc23)cc1. The normalized spacial score (nSPS) is 11.5. The van der Waals surface area contributed by atoms with Crippen LogP contribution >= 0.6 is 0 Å². The molecule has 0 saturated heterocycles. The number of rotatable bonds is 5. The van der Waals surface area contributed by atoms with Crippen LogP contribution < -0.4 is 0 Å². The van der Waals surface area contributed by atoms with Crippen LogP contribution in [0.15, 0.2) is 199 Å². The van der Waals surface area contributed by atoms with Crippen LogP contribution in [0.4, 0.5) is 0 Å². The van der Waals surface area contributed by atoms with E-state index in [4.69, 9.17) is 4.42 Å². The molecule has 0 aliphatic heterocycles. The topological polar surface area (TPSA) is 13.1 Å². The Hall–Kier alpha value is -6.70. The summed E-state index contributed by atoms with van der Waals surface area (Å²) in [4.78, 5) is 0. The summed E-state index contributed by atoms with van der Waals surface area (Å²) >= 11 is 0. The van der Waals surface area contributed by atoms with Gasteiger partial charge < -0.3 is 4.42 Å². The second kappa shape index (κ2) is 12.0. The molecule has 0 unspecified atom stereocenters. The predicted molar refractivity (Wildman–Crippen MR) is 216 cm³/mol. The maximum atomic E-state index is 6.75. The molecule has 10 rings (SSSR count). The van der Waals surface area contributed by atoms with E-state index in [0.717, 1.165) is 33.1 Å². The third kappa shape index (κ3) is 4.70. The maximum absolute atomic E-state index is 6.75. The van der Waals surface area contributed by atoms with Gasteiger partial charge >= 0.3 is 0 Å². The first kappa shape index (κ1) is 29.2. The second-order valence-corrected chi connectivity index (χ2v) is 13.1. The highest BCUT2D eigenvalue weighted by atomic mass is 16.3. The van der Waals surface area contributed by atoms with Crippen LogP contribution in [0.2, 0.25) is 0 Å². The molecule has 0 fully saturated rings. The Kier molecular flexibility index (Phi) is 6.89. The summed E-state index contributed by atoms with van der Waals surface area (Å²) in [6.45, 7) is 0. The van der Waals surface area contributed by atoms with Gasteiger partial charge in [0.05, 0.1) is 0 Å². The summed E-state index contributed by atoms with van der Waals surface area (Å²) in [5, 5.41) is 7.14. The molecule has 238 valence electrons. The first-order valence-electron chi connectivity index (χ1n) is 17.5. The van der Waals surface area contributed by atoms with Gasteiger partial charge in [0.1, 0.15) is 11.2 Å². The summed E-state index contributed by atoms with van der Waals surface area (Å²) < 4.78 is 6.75. The molecule has 10 aromatic rings. The molecule has 0 atom stereocenters. The number of fused-ring (bicyclic) bond motifs is 5. The smallest absolute Gasteiger partial charge is 0.143 e. The molecule has 0 N–H and O–H groups in total. The Morgan fingerprint density at radius 2 is 0.667 bits per heavy atom. The monoisotopic (exact) mass is 648 g/mol. The van der Waals surface area contributed by atoms with E-state index in [0.29, 0.717) is 0 Å². The molecule has 1 nitrogen and oxygen atoms in total. The number of benzene rings is 9. The van der Waals surface area contributed by atoms with Crippen molar-refractivity contribution in [1.29, 1.82) is 0 Å². The summed E-state index contributed by atoms with van der Waals surface area (Å²) in [5.41, 5.74) is 13.8. The van der Waals surface area contributed by atoms with Crippen molar-refractivity contribution in [1.82, 2.24) is 0 Å². The third-order valence-electron chi connectivity index (χ3n) is 10.3. The Morgan fingerprint density at radius 1 is 0.255 bits per heavy atom. The number of furan rings is 1. The van der Waals surface area contributed by atoms with Crippen molar-refractivity contribution in [3.63, 3.8) is 0 Å². The molecule has 0 amide bonds. The molecule has 0 aliphatic carbocycles. The van der Waals surface area contributed by atoms with Gasteiger partial charge in [-0.15, -0.1) is 0 Å². The van der Waals surface area contributed by atoms with Crippen molar-refractivity contribution in [3.8, 4) is 55.6 Å². The molecule has 51 heavy (non-hydrogen) atoms. The molecular weight excluding hydrogens is 617 g/mol. The van der Waals surface area contributed by atoms with Gasteiger partial charge in [0.2, 0.25) is 0 Å². The third-order valence-corrected chi connectivity index (χ3v) is 10.3. The highest BCUT2D eigenvalue weighted by Crippen LogP contribution is 2.51. The molecule has 0 saturated carbocycles. The molecule has 1 heterocycles. The number of para-hydroxylation sites is 1. The molecule has 9 aromatic carbocycles. The lowest BCUT2D eigenvalue weighted by molar-refractivity contribution is 0.670. The minimum Gasteiger partial charge on any atom is -0.455 e. The van der Waals surface area contributed by atoms with E-state index in [1.165, 1.54) is 66.1 Å². The average Bonchev–Trinajstić information content (AvgIpc) is 3.60. The molecule has 0 aliphatic rings. The lowest BCUT2D eigenvalue weighted by Crippen LogP contribution is -1.95. The Labute approximate surface area is 296 Å². The fraction of sp³-hybridized carbons (Fsp3) is 0. The van der Waals surface area contributed by atoms with Crippen LogP contribution in [0, 0.1) is 0 Å². The molecule has 0 spiro atoms. The second-order valence-electron chi connectivity index (χ2n) is 13.1. The Balaban J connectivity index is 1.36. The summed E-state index contributed by atoms with van der Waals surface area (Å²) in [7, 11) is 0. The van der Waals surface area contributed by atoms with Crippen molar-refractivity contribution in [3.05, 3.63) is 194 Å². The van der Waals surface area contributed by atoms with Crippen molar-refractivity contribution >= 4 is 43.5 Å². The fourth-order valence-electron chi connectivity index (χ4n) is 8.11. The number of hydrogen-bond acceptors (Lipinski definition) is 1. The van der Waals surface area contributed by atoms with Crippen LogP contribution in [0.5, 0.6) is 0 Å². The van der Waals surface area contributed by atoms with E-state index in [9.17, 15) is 0 Å². The molecule has 1 aromatic heterocycles. The Morgan fingerprint density at radius 3 is 1.20 bits per heavy atom. The van der Waals surface area contributed by atoms with Crippen LogP contribution in [0.1, 0.15) is 0 Å². The van der Waals surface area contributed by atoms with Crippen molar-refractivity contribution in [2.24, 2.45) is 0 Å². The minimum atomic E-state index is 0.895. The number of hydrogen-bond donors (Lipinski definition) is 0. The van der Waals surface area contributed by atoms with Gasteiger partial charge in [-0.3, -0.25) is 0 Å². The first-order chi connectivity index (χ1) is 25.3. The van der Waals surface area contributed by atoms with Gasteiger partial charge in [0.25, 0.3) is 0 Å². The van der Waals surface area contributed by atoms with Crippen molar-refractivity contribution < 1.29 is 4.42 Å². The quantitative estimate of drug-likeness (QED) is 0.169. The fourth-order valence-corrected chi connectivity index (χ4v) is 8.11. The van der Waals surface area contributed by atoms with E-state index in [1.807, 2.05) is 0 Å². The summed E-state index contributed by atoms with van der Waals surface area (Å²) in [6.07, 6.45) is 0. The van der Waals surface area contributed by atoms with Crippen LogP contribution in [-0.2, 0) is 0 Å². The van der Waals surface area contributed by atoms with Crippen molar-refractivity contribution in [2.75, 3.05) is 0 Å². The van der Waals surface area contributed by atoms with E-state index in [2.05, 4.69) is 194 Å². The van der Waals surface area contributed by atoms with Gasteiger partial charge in [-0.1, -0.05) is 182 Å². The zero-order valence-electron chi connectivity index (χ0n) is 27.9. The lowest BCUT2D eigenvalue weighted by atomic mass is 9.80. The highest BCUT2D eigenvalue weighted by molar-refractivity contribution is 6.28. The van der Waals surface area contributed by atoms with E-state index in [1.54, 1.807) is 0 Å². The largest absolute Gasteiger partial charge is 0.455 e. The van der Waals surface area contributed by atoms with Gasteiger partial charge in [-0.05, 0) is 83.7 Å². The zero-order chi connectivity index (χ0) is 33.7. The summed E-state index contributed by atoms with van der Waals surface area (Å²) in [6, 6.07) is 69.8. The standard InChI is InChI=1S/C50H32O/c1-4-17-33(18-5-1)36-28-16-29-37(34-19-6-2-7-20-34)47(36)48-41-25-12-10-23-39(41)46(40-24-11-13-26-42(40)48)44-32-31-38(35-21-8-3-9-22-35)50-49(44)43-27-14-15-30-45(43)51-50/h1-32H. The lowest BCUT2D eigenvalue weighted by Gasteiger charge is -2.22. The highest BCUT2D eigenvalue weighted by Gasteiger charge is 2.24. The van der Waals surface area contributed by atoms with E-state index >= 15 is 0 Å². The van der Waals surface area contributed by atoms with Gasteiger partial charge in [0, 0.05) is 16.3 Å².